The number of fused-ring (bicyclic) bond motifs is 12. The molecule has 6 nitrogen and oxygen atoms in total. The van der Waals surface area contributed by atoms with Gasteiger partial charge in [0.1, 0.15) is 12.2 Å². The van der Waals surface area contributed by atoms with Gasteiger partial charge >= 0.3 is 5.97 Å². The molecule has 0 aliphatic carbocycles. The largest absolute Gasteiger partial charge is 0.455 e. The number of aromatic nitrogens is 1. The first kappa shape index (κ1) is 27.3. The minimum Gasteiger partial charge on any atom is -0.455 e. The topological polar surface area (TPSA) is 88.9 Å². The Balaban J connectivity index is 1.83. The molecule has 4 heterocycles. The highest BCUT2D eigenvalue weighted by Crippen LogP contribution is 2.42. The smallest absolute Gasteiger partial charge is 0.309 e. The number of aryl methyl sites for hydroxylation is 1. The molecular weight excluding hydrogens is 450 g/mol. The number of aliphatic hydroxyl groups excluding tert-OH is 2. The van der Waals surface area contributed by atoms with Crippen molar-refractivity contribution in [3.63, 3.8) is 0 Å². The number of esters is 1. The summed E-state index contributed by atoms with van der Waals surface area (Å²) in [5.74, 6) is -0.249. The van der Waals surface area contributed by atoms with Gasteiger partial charge in [-0.2, -0.15) is 0 Å². The van der Waals surface area contributed by atoms with Gasteiger partial charge in [-0.15, -0.1) is 11.3 Å². The molecule has 0 radical (unpaired) electrons. The quantitative estimate of drug-likeness (QED) is 0.544. The molecule has 0 aromatic carbocycles. The van der Waals surface area contributed by atoms with Gasteiger partial charge in [-0.05, 0) is 68.9 Å². The molecule has 2 bridgehead atoms. The first-order chi connectivity index (χ1) is 15.8. The molecule has 7 atom stereocenters. The van der Waals surface area contributed by atoms with Crippen LogP contribution in [0.3, 0.4) is 0 Å². The highest BCUT2D eigenvalue weighted by Gasteiger charge is 2.47. The van der Waals surface area contributed by atoms with Crippen molar-refractivity contribution >= 4 is 23.4 Å². The van der Waals surface area contributed by atoms with E-state index in [1.165, 1.54) is 0 Å². The lowest BCUT2D eigenvalue weighted by Gasteiger charge is -2.49. The fraction of sp³-hybridized carbons (Fsp3) is 0.778. The number of hydrogen-bond acceptors (Lipinski definition) is 7. The fourth-order valence-electron chi connectivity index (χ4n) is 5.58. The summed E-state index contributed by atoms with van der Waals surface area (Å²) < 4.78 is 12.3. The van der Waals surface area contributed by atoms with Gasteiger partial charge in [-0.3, -0.25) is 4.79 Å². The summed E-state index contributed by atoms with van der Waals surface area (Å²) in [6.45, 7) is 14.1. The summed E-state index contributed by atoms with van der Waals surface area (Å²) in [5, 5.41) is 24.8. The number of thiazole rings is 1. The first-order valence-electron chi connectivity index (χ1n) is 12.6. The van der Waals surface area contributed by atoms with Gasteiger partial charge in [0, 0.05) is 11.8 Å². The van der Waals surface area contributed by atoms with Crippen molar-refractivity contribution in [2.45, 2.75) is 117 Å². The second kappa shape index (κ2) is 10.8. The molecule has 0 saturated carbocycles. The number of carbonyl (C=O) groups excluding carboxylic acids is 1. The van der Waals surface area contributed by atoms with Gasteiger partial charge in [0.05, 0.1) is 34.9 Å². The molecule has 3 aliphatic rings. The van der Waals surface area contributed by atoms with Crippen LogP contribution in [-0.2, 0) is 14.3 Å². The lowest BCUT2D eigenvalue weighted by Crippen LogP contribution is -2.54. The van der Waals surface area contributed by atoms with Gasteiger partial charge < -0.3 is 19.7 Å². The highest BCUT2D eigenvalue weighted by molar-refractivity contribution is 7.09. The maximum Gasteiger partial charge on any atom is 0.309 e. The number of rotatable bonds is 2. The molecule has 3 aliphatic heterocycles. The maximum atomic E-state index is 13.0. The van der Waals surface area contributed by atoms with Crippen LogP contribution in [-0.4, -0.2) is 51.2 Å². The van der Waals surface area contributed by atoms with E-state index in [9.17, 15) is 15.0 Å². The van der Waals surface area contributed by atoms with Crippen LogP contribution in [0.4, 0.5) is 0 Å². The summed E-state index contributed by atoms with van der Waals surface area (Å²) in [6.07, 6.45) is 4.08. The number of carbonyl (C=O) groups is 1. The minimum atomic E-state index is -0.864. The Bertz CT molecular complexity index is 872. The average molecular weight is 494 g/mol. The zero-order valence-corrected chi connectivity index (χ0v) is 22.7. The number of nitrogens with zero attached hydrogens (tertiary/aromatic N) is 1. The summed E-state index contributed by atoms with van der Waals surface area (Å²) in [5.41, 5.74) is 0.973. The standard InChI is InChI=1S/C27H43NO5S/c1-16-9-8-10-27(7)14-21(33-27)25(17(2)11-20-15-34-19(4)28-20)32-23(30)12-22(29)26(5,6)13-18(3)24(16)31/h11,15-16,18,21-22,24-25,29,31H,8-10,12-14H2,1-7H3/b17-11+. The van der Waals surface area contributed by atoms with Crippen molar-refractivity contribution in [2.75, 3.05) is 0 Å². The number of hydrogen-bond donors (Lipinski definition) is 2. The second-order valence-electron chi connectivity index (χ2n) is 11.7. The Morgan fingerprint density at radius 1 is 1.21 bits per heavy atom. The van der Waals surface area contributed by atoms with Crippen LogP contribution >= 0.6 is 11.3 Å². The molecule has 3 fully saturated rings. The third-order valence-corrected chi connectivity index (χ3v) is 8.56. The summed E-state index contributed by atoms with van der Waals surface area (Å²) in [6, 6.07) is 0. The highest BCUT2D eigenvalue weighted by atomic mass is 32.1. The Labute approximate surface area is 208 Å². The molecule has 2 N–H and O–H groups in total. The average Bonchev–Trinajstić information content (AvgIpc) is 3.12. The number of ether oxygens (including phenoxy) is 2. The predicted molar refractivity (Wildman–Crippen MR) is 135 cm³/mol. The van der Waals surface area contributed by atoms with E-state index in [1.54, 1.807) is 11.3 Å². The molecule has 0 amide bonds. The Morgan fingerprint density at radius 2 is 1.88 bits per heavy atom. The van der Waals surface area contributed by atoms with Crippen LogP contribution in [0.2, 0.25) is 0 Å². The molecule has 1 aromatic rings. The Morgan fingerprint density at radius 3 is 2.50 bits per heavy atom. The van der Waals surface area contributed by atoms with E-state index in [-0.39, 0.29) is 30.0 Å². The van der Waals surface area contributed by atoms with Crippen LogP contribution < -0.4 is 0 Å². The maximum absolute atomic E-state index is 13.0. The van der Waals surface area contributed by atoms with E-state index in [1.807, 2.05) is 46.1 Å². The van der Waals surface area contributed by atoms with E-state index >= 15 is 0 Å². The van der Waals surface area contributed by atoms with Gasteiger partial charge in [0.15, 0.2) is 0 Å². The second-order valence-corrected chi connectivity index (χ2v) is 12.7. The molecule has 1 aromatic heterocycles. The van der Waals surface area contributed by atoms with E-state index in [0.29, 0.717) is 6.42 Å². The van der Waals surface area contributed by atoms with Crippen molar-refractivity contribution in [1.29, 1.82) is 0 Å². The van der Waals surface area contributed by atoms with Crippen molar-refractivity contribution < 1.29 is 24.5 Å². The fourth-order valence-corrected chi connectivity index (χ4v) is 6.15. The van der Waals surface area contributed by atoms with Crippen molar-refractivity contribution in [3.8, 4) is 0 Å². The minimum absolute atomic E-state index is 0.0167. The van der Waals surface area contributed by atoms with E-state index in [4.69, 9.17) is 9.47 Å². The van der Waals surface area contributed by atoms with Gasteiger partial charge in [0.25, 0.3) is 0 Å². The summed E-state index contributed by atoms with van der Waals surface area (Å²) in [7, 11) is 0. The van der Waals surface area contributed by atoms with E-state index in [0.717, 1.165) is 42.0 Å². The van der Waals surface area contributed by atoms with Crippen LogP contribution in [0.1, 0.15) is 90.8 Å². The molecule has 192 valence electrons. The van der Waals surface area contributed by atoms with Crippen LogP contribution in [0.25, 0.3) is 6.08 Å². The first-order valence-corrected chi connectivity index (χ1v) is 13.5. The van der Waals surface area contributed by atoms with Crippen molar-refractivity contribution in [3.05, 3.63) is 21.7 Å². The van der Waals surface area contributed by atoms with Crippen molar-refractivity contribution in [2.24, 2.45) is 17.3 Å². The molecule has 34 heavy (non-hydrogen) atoms. The molecule has 7 heteroatoms. The van der Waals surface area contributed by atoms with Gasteiger partial charge in [0.2, 0.25) is 0 Å². The van der Waals surface area contributed by atoms with Gasteiger partial charge in [-0.1, -0.05) is 34.1 Å². The summed E-state index contributed by atoms with van der Waals surface area (Å²) >= 11 is 1.59. The van der Waals surface area contributed by atoms with E-state index < -0.39 is 29.7 Å². The lowest BCUT2D eigenvalue weighted by atomic mass is 9.74. The molecule has 3 saturated heterocycles. The van der Waals surface area contributed by atoms with Crippen LogP contribution in [0.5, 0.6) is 0 Å². The number of aliphatic hydroxyl groups is 2. The molecule has 7 unspecified atom stereocenters. The Kier molecular flexibility index (Phi) is 8.65. The molecule has 4 rings (SSSR count). The third-order valence-electron chi connectivity index (χ3n) is 7.77. The van der Waals surface area contributed by atoms with Crippen molar-refractivity contribution in [1.82, 2.24) is 4.98 Å². The zero-order chi connectivity index (χ0) is 25.3. The SMILES string of the molecule is C/C(=C\c1csc(C)n1)C1OC(=O)CC(O)C(C)(C)CC(C)C(O)C(C)CCCC2(C)CC1O2. The molecule has 0 spiro atoms. The summed E-state index contributed by atoms with van der Waals surface area (Å²) in [4.78, 5) is 17.5. The normalized spacial score (nSPS) is 38.1. The monoisotopic (exact) mass is 493 g/mol. The Hall–Kier alpha value is -1.28. The van der Waals surface area contributed by atoms with E-state index in [2.05, 4.69) is 18.8 Å². The zero-order valence-electron chi connectivity index (χ0n) is 21.8. The molecular formula is C27H43NO5S. The van der Waals surface area contributed by atoms with Crippen LogP contribution in [0.15, 0.2) is 11.0 Å². The van der Waals surface area contributed by atoms with Crippen LogP contribution in [0, 0.1) is 24.2 Å². The predicted octanol–water partition coefficient (Wildman–Crippen LogP) is 5.30. The van der Waals surface area contributed by atoms with Gasteiger partial charge in [-0.25, -0.2) is 4.98 Å². The lowest BCUT2D eigenvalue weighted by molar-refractivity contribution is -0.233. The third kappa shape index (κ3) is 6.68.